The fourth-order valence-corrected chi connectivity index (χ4v) is 4.48. The summed E-state index contributed by atoms with van der Waals surface area (Å²) in [6.45, 7) is 3.13. The molecular formula is C26H33ClN2O6. The minimum Gasteiger partial charge on any atom is -0.508 e. The number of phenols is 1. The Bertz CT molecular complexity index is 1020. The zero-order chi connectivity index (χ0) is 24.7. The molecule has 1 aliphatic carbocycles. The Morgan fingerprint density at radius 1 is 1.17 bits per heavy atom. The van der Waals surface area contributed by atoms with Crippen LogP contribution in [0.1, 0.15) is 49.4 Å². The Hall–Kier alpha value is -3.10. The lowest BCUT2D eigenvalue weighted by Gasteiger charge is -2.32. The standard InChI is InChI=1S/C26H32N2O6.ClH/c1-3-34-26(33)22(13-9-18-7-5-4-6-8-18)27-17(2)25(32)28(16-24(30)31)23-14-10-19-15-20(29)11-12-21(19)23;/h4-8,11-12,15,17,22-23,27,29H,3,9-10,13-14,16H2,1-2H3,(H,30,31);1H/t17-,22?,23?;/m0./s1. The van der Waals surface area contributed by atoms with Crippen LogP contribution in [0.5, 0.6) is 5.75 Å². The number of carbonyl (C=O) groups excluding carboxylic acids is 2. The summed E-state index contributed by atoms with van der Waals surface area (Å²) in [6, 6.07) is 12.7. The van der Waals surface area contributed by atoms with Crippen LogP contribution in [-0.4, -0.2) is 58.2 Å². The van der Waals surface area contributed by atoms with E-state index in [1.807, 2.05) is 30.3 Å². The van der Waals surface area contributed by atoms with E-state index in [1.54, 1.807) is 32.0 Å². The van der Waals surface area contributed by atoms with Gasteiger partial charge in [-0.3, -0.25) is 19.7 Å². The molecule has 1 amide bonds. The zero-order valence-electron chi connectivity index (χ0n) is 20.0. The highest BCUT2D eigenvalue weighted by Crippen LogP contribution is 2.37. The molecule has 3 rings (SSSR count). The largest absolute Gasteiger partial charge is 0.508 e. The molecule has 0 aromatic heterocycles. The van der Waals surface area contributed by atoms with Gasteiger partial charge in [0.1, 0.15) is 18.3 Å². The number of halogens is 1. The number of aryl methyl sites for hydroxylation is 2. The molecule has 0 saturated carbocycles. The van der Waals surface area contributed by atoms with E-state index in [-0.39, 0.29) is 24.8 Å². The zero-order valence-corrected chi connectivity index (χ0v) is 20.8. The van der Waals surface area contributed by atoms with Crippen LogP contribution in [0.3, 0.4) is 0 Å². The molecule has 190 valence electrons. The SMILES string of the molecule is CCOC(=O)C(CCc1ccccc1)N[C@@H](C)C(=O)N(CC(=O)O)C1CCc2cc(O)ccc21.Cl. The number of carbonyl (C=O) groups is 3. The maximum Gasteiger partial charge on any atom is 0.323 e. The summed E-state index contributed by atoms with van der Waals surface area (Å²) in [7, 11) is 0. The number of carboxylic acid groups (broad SMARTS) is 1. The number of benzene rings is 2. The van der Waals surface area contributed by atoms with Crippen molar-refractivity contribution in [2.24, 2.45) is 0 Å². The van der Waals surface area contributed by atoms with Crippen LogP contribution in [0.15, 0.2) is 48.5 Å². The third-order valence-corrected chi connectivity index (χ3v) is 6.09. The highest BCUT2D eigenvalue weighted by Gasteiger charge is 2.35. The Kier molecular flexibility index (Phi) is 10.5. The van der Waals surface area contributed by atoms with Gasteiger partial charge in [0.25, 0.3) is 0 Å². The van der Waals surface area contributed by atoms with Gasteiger partial charge in [0, 0.05) is 0 Å². The van der Waals surface area contributed by atoms with Crippen LogP contribution in [0.2, 0.25) is 0 Å². The van der Waals surface area contributed by atoms with Gasteiger partial charge in [-0.2, -0.15) is 0 Å². The van der Waals surface area contributed by atoms with Crippen LogP contribution >= 0.6 is 12.4 Å². The second-order valence-corrected chi connectivity index (χ2v) is 8.51. The maximum absolute atomic E-state index is 13.4. The van der Waals surface area contributed by atoms with E-state index in [9.17, 15) is 24.6 Å². The second-order valence-electron chi connectivity index (χ2n) is 8.51. The molecule has 1 aliphatic rings. The summed E-state index contributed by atoms with van der Waals surface area (Å²) in [4.78, 5) is 39.0. The number of esters is 1. The number of ether oxygens (including phenoxy) is 1. The topological polar surface area (TPSA) is 116 Å². The van der Waals surface area contributed by atoms with Gasteiger partial charge in [-0.15, -0.1) is 12.4 Å². The molecular weight excluding hydrogens is 472 g/mol. The van der Waals surface area contributed by atoms with Gasteiger partial charge in [0.2, 0.25) is 5.91 Å². The van der Waals surface area contributed by atoms with Gasteiger partial charge >= 0.3 is 11.9 Å². The number of fused-ring (bicyclic) bond motifs is 1. The number of phenolic OH excluding ortho intramolecular Hbond substituents is 1. The molecule has 0 saturated heterocycles. The number of rotatable bonds is 11. The molecule has 9 heteroatoms. The maximum atomic E-state index is 13.4. The van der Waals surface area contributed by atoms with Crippen LogP contribution < -0.4 is 5.32 Å². The first-order valence-electron chi connectivity index (χ1n) is 11.6. The summed E-state index contributed by atoms with van der Waals surface area (Å²) in [5.41, 5.74) is 2.81. The van der Waals surface area contributed by atoms with E-state index in [0.29, 0.717) is 25.7 Å². The van der Waals surface area contributed by atoms with Crippen LogP contribution in [0.4, 0.5) is 0 Å². The minimum atomic E-state index is -1.11. The molecule has 3 atom stereocenters. The van der Waals surface area contributed by atoms with Crippen molar-refractivity contribution in [2.45, 2.75) is 57.7 Å². The quantitative estimate of drug-likeness (QED) is 0.402. The molecule has 2 aromatic carbocycles. The van der Waals surface area contributed by atoms with Crippen LogP contribution in [0, 0.1) is 0 Å². The molecule has 0 radical (unpaired) electrons. The summed E-state index contributed by atoms with van der Waals surface area (Å²) in [6.07, 6.45) is 2.27. The number of carboxylic acids is 1. The highest BCUT2D eigenvalue weighted by atomic mass is 35.5. The van der Waals surface area contributed by atoms with E-state index in [4.69, 9.17) is 4.74 Å². The van der Waals surface area contributed by atoms with Gasteiger partial charge in [0.05, 0.1) is 18.7 Å². The van der Waals surface area contributed by atoms with Crippen molar-refractivity contribution in [3.05, 3.63) is 65.2 Å². The molecule has 8 nitrogen and oxygen atoms in total. The average Bonchev–Trinajstić information content (AvgIpc) is 3.23. The number of hydrogen-bond donors (Lipinski definition) is 3. The predicted octanol–water partition coefficient (Wildman–Crippen LogP) is 3.26. The van der Waals surface area contributed by atoms with E-state index in [2.05, 4.69) is 5.32 Å². The Morgan fingerprint density at radius 3 is 2.54 bits per heavy atom. The van der Waals surface area contributed by atoms with E-state index in [1.165, 1.54) is 4.90 Å². The van der Waals surface area contributed by atoms with Gasteiger partial charge in [0.15, 0.2) is 0 Å². The monoisotopic (exact) mass is 504 g/mol. The van der Waals surface area contributed by atoms with Crippen LogP contribution in [-0.2, 0) is 32.0 Å². The van der Waals surface area contributed by atoms with Crippen molar-refractivity contribution in [1.29, 1.82) is 0 Å². The Labute approximate surface area is 211 Å². The molecule has 3 N–H and O–H groups in total. The molecule has 0 fully saturated rings. The van der Waals surface area contributed by atoms with E-state index in [0.717, 1.165) is 16.7 Å². The van der Waals surface area contributed by atoms with Crippen molar-refractivity contribution < 1.29 is 29.3 Å². The molecule has 2 aromatic rings. The van der Waals surface area contributed by atoms with Crippen molar-refractivity contribution in [1.82, 2.24) is 10.2 Å². The number of aromatic hydroxyl groups is 1. The average molecular weight is 505 g/mol. The lowest BCUT2D eigenvalue weighted by molar-refractivity contribution is -0.149. The lowest BCUT2D eigenvalue weighted by Crippen LogP contribution is -2.52. The normalized spacial score (nSPS) is 15.9. The van der Waals surface area contributed by atoms with Gasteiger partial charge in [-0.25, -0.2) is 0 Å². The molecule has 0 spiro atoms. The van der Waals surface area contributed by atoms with Crippen molar-refractivity contribution in [3.8, 4) is 5.75 Å². The van der Waals surface area contributed by atoms with Crippen LogP contribution in [0.25, 0.3) is 0 Å². The van der Waals surface area contributed by atoms with Gasteiger partial charge in [-0.05, 0) is 68.4 Å². The smallest absolute Gasteiger partial charge is 0.323 e. The first-order chi connectivity index (χ1) is 16.3. The summed E-state index contributed by atoms with van der Waals surface area (Å²) >= 11 is 0. The molecule has 35 heavy (non-hydrogen) atoms. The first kappa shape index (κ1) is 28.1. The fraction of sp³-hybridized carbons (Fsp3) is 0.423. The molecule has 0 heterocycles. The van der Waals surface area contributed by atoms with E-state index >= 15 is 0 Å². The summed E-state index contributed by atoms with van der Waals surface area (Å²) < 4.78 is 5.21. The number of nitrogens with zero attached hydrogens (tertiary/aromatic N) is 1. The van der Waals surface area contributed by atoms with Crippen molar-refractivity contribution >= 4 is 30.3 Å². The summed E-state index contributed by atoms with van der Waals surface area (Å²) in [5, 5.41) is 22.3. The lowest BCUT2D eigenvalue weighted by atomic mass is 10.0. The Balaban J connectivity index is 0.00000432. The third-order valence-electron chi connectivity index (χ3n) is 6.09. The Morgan fingerprint density at radius 2 is 1.89 bits per heavy atom. The minimum absolute atomic E-state index is 0. The fourth-order valence-electron chi connectivity index (χ4n) is 4.48. The van der Waals surface area contributed by atoms with Crippen molar-refractivity contribution in [3.63, 3.8) is 0 Å². The number of amides is 1. The van der Waals surface area contributed by atoms with Gasteiger partial charge < -0.3 is 19.8 Å². The summed E-state index contributed by atoms with van der Waals surface area (Å²) in [5.74, 6) is -1.81. The van der Waals surface area contributed by atoms with Crippen molar-refractivity contribution in [2.75, 3.05) is 13.2 Å². The van der Waals surface area contributed by atoms with Gasteiger partial charge in [-0.1, -0.05) is 36.4 Å². The molecule has 0 aliphatic heterocycles. The molecule has 0 bridgehead atoms. The second kappa shape index (κ2) is 13.1. The third kappa shape index (κ3) is 7.44. The molecule has 2 unspecified atom stereocenters. The first-order valence-corrected chi connectivity index (χ1v) is 11.6. The number of nitrogens with one attached hydrogen (secondary N) is 1. The number of aliphatic carboxylic acids is 1. The highest BCUT2D eigenvalue weighted by molar-refractivity contribution is 5.86. The number of hydrogen-bond acceptors (Lipinski definition) is 6. The predicted molar refractivity (Wildman–Crippen MR) is 134 cm³/mol. The van der Waals surface area contributed by atoms with E-state index < -0.39 is 42.5 Å².